The van der Waals surface area contributed by atoms with Crippen LogP contribution in [0.2, 0.25) is 0 Å². The van der Waals surface area contributed by atoms with Crippen LogP contribution in [0.3, 0.4) is 0 Å². The molecule has 4 rings (SSSR count). The van der Waals surface area contributed by atoms with Crippen LogP contribution in [-0.2, 0) is 0 Å². The standard InChI is InChI=1S/C18H12N6S/c1-5-19-6-2-13(1)15-17(23-11-9-21-15)25-18-16(22-10-12-24-18)14-3-7-20-8-4-14/h1-12H. The molecule has 0 radical (unpaired) electrons. The van der Waals surface area contributed by atoms with E-state index in [9.17, 15) is 0 Å². The van der Waals surface area contributed by atoms with Crippen LogP contribution < -0.4 is 0 Å². The van der Waals surface area contributed by atoms with Crippen LogP contribution in [-0.4, -0.2) is 29.9 Å². The smallest absolute Gasteiger partial charge is 0.129 e. The highest BCUT2D eigenvalue weighted by atomic mass is 32.2. The van der Waals surface area contributed by atoms with Gasteiger partial charge in [0.05, 0.1) is 0 Å². The summed E-state index contributed by atoms with van der Waals surface area (Å²) in [4.78, 5) is 26.0. The Morgan fingerprint density at radius 2 is 0.880 bits per heavy atom. The molecular formula is C18H12N6S. The van der Waals surface area contributed by atoms with Crippen molar-refractivity contribution >= 4 is 11.8 Å². The van der Waals surface area contributed by atoms with Gasteiger partial charge < -0.3 is 0 Å². The first-order chi connectivity index (χ1) is 12.4. The van der Waals surface area contributed by atoms with Crippen LogP contribution in [0.25, 0.3) is 22.5 Å². The molecule has 4 heterocycles. The highest BCUT2D eigenvalue weighted by molar-refractivity contribution is 7.99. The number of aromatic nitrogens is 6. The average Bonchev–Trinajstić information content (AvgIpc) is 2.70. The highest BCUT2D eigenvalue weighted by Crippen LogP contribution is 2.35. The molecule has 0 bridgehead atoms. The first-order valence-electron chi connectivity index (χ1n) is 7.52. The van der Waals surface area contributed by atoms with E-state index in [0.29, 0.717) is 0 Å². The summed E-state index contributed by atoms with van der Waals surface area (Å²) >= 11 is 1.44. The largest absolute Gasteiger partial charge is 0.265 e. The lowest BCUT2D eigenvalue weighted by atomic mass is 10.2. The number of rotatable bonds is 4. The van der Waals surface area contributed by atoms with Crippen molar-refractivity contribution in [3.63, 3.8) is 0 Å². The van der Waals surface area contributed by atoms with Crippen molar-refractivity contribution in [1.29, 1.82) is 0 Å². The average molecular weight is 344 g/mol. The van der Waals surface area contributed by atoms with E-state index in [1.54, 1.807) is 49.6 Å². The van der Waals surface area contributed by atoms with Crippen molar-refractivity contribution in [3.8, 4) is 22.5 Å². The number of nitrogens with zero attached hydrogens (tertiary/aromatic N) is 6. The minimum atomic E-state index is 0.768. The molecule has 0 unspecified atom stereocenters. The topological polar surface area (TPSA) is 77.3 Å². The van der Waals surface area contributed by atoms with Crippen LogP contribution in [0.15, 0.2) is 83.9 Å². The second kappa shape index (κ2) is 7.14. The van der Waals surface area contributed by atoms with E-state index >= 15 is 0 Å². The third-order valence-corrected chi connectivity index (χ3v) is 4.41. The Morgan fingerprint density at radius 1 is 0.480 bits per heavy atom. The van der Waals surface area contributed by atoms with Crippen LogP contribution >= 0.6 is 11.8 Å². The van der Waals surface area contributed by atoms with Gasteiger partial charge in [-0.1, -0.05) is 0 Å². The zero-order chi connectivity index (χ0) is 16.9. The Bertz CT molecular complexity index is 898. The zero-order valence-electron chi connectivity index (χ0n) is 13.0. The normalized spacial score (nSPS) is 10.6. The molecule has 0 saturated heterocycles. The Morgan fingerprint density at radius 3 is 1.32 bits per heavy atom. The third-order valence-electron chi connectivity index (χ3n) is 3.43. The summed E-state index contributed by atoms with van der Waals surface area (Å²) in [5.74, 6) is 0. The van der Waals surface area contributed by atoms with Crippen LogP contribution in [0.4, 0.5) is 0 Å². The molecule has 0 aliphatic heterocycles. The molecule has 6 nitrogen and oxygen atoms in total. The lowest BCUT2D eigenvalue weighted by Crippen LogP contribution is -1.94. The Kier molecular flexibility index (Phi) is 4.38. The van der Waals surface area contributed by atoms with Crippen molar-refractivity contribution < 1.29 is 0 Å². The third kappa shape index (κ3) is 3.36. The van der Waals surface area contributed by atoms with Gasteiger partial charge in [0.2, 0.25) is 0 Å². The van der Waals surface area contributed by atoms with E-state index in [-0.39, 0.29) is 0 Å². The van der Waals surface area contributed by atoms with Crippen LogP contribution in [0.5, 0.6) is 0 Å². The first kappa shape index (κ1) is 15.3. The van der Waals surface area contributed by atoms with E-state index < -0.39 is 0 Å². The summed E-state index contributed by atoms with van der Waals surface area (Å²) in [5.41, 5.74) is 3.50. The zero-order valence-corrected chi connectivity index (χ0v) is 13.8. The van der Waals surface area contributed by atoms with E-state index in [1.165, 1.54) is 11.8 Å². The van der Waals surface area contributed by atoms with Gasteiger partial charge in [0.25, 0.3) is 0 Å². The van der Waals surface area contributed by atoms with Crippen molar-refractivity contribution in [1.82, 2.24) is 29.9 Å². The Hall–Kier alpha value is -3.19. The van der Waals surface area contributed by atoms with E-state index in [1.807, 2.05) is 24.3 Å². The quantitative estimate of drug-likeness (QED) is 0.560. The molecule has 0 saturated carbocycles. The summed E-state index contributed by atoms with van der Waals surface area (Å²) in [5, 5.41) is 1.54. The van der Waals surface area contributed by atoms with Crippen molar-refractivity contribution in [2.45, 2.75) is 10.1 Å². The fourth-order valence-electron chi connectivity index (χ4n) is 2.31. The van der Waals surface area contributed by atoms with Crippen molar-refractivity contribution in [2.75, 3.05) is 0 Å². The summed E-state index contributed by atoms with van der Waals surface area (Å²) in [6.07, 6.45) is 13.7. The highest BCUT2D eigenvalue weighted by Gasteiger charge is 2.14. The van der Waals surface area contributed by atoms with Gasteiger partial charge in [-0.15, -0.1) is 0 Å². The minimum absolute atomic E-state index is 0.768. The fraction of sp³-hybridized carbons (Fsp3) is 0. The van der Waals surface area contributed by atoms with Gasteiger partial charge in [0.1, 0.15) is 21.4 Å². The summed E-state index contributed by atoms with van der Waals surface area (Å²) < 4.78 is 0. The van der Waals surface area contributed by atoms with Gasteiger partial charge in [-0.05, 0) is 36.0 Å². The molecule has 0 aliphatic carbocycles. The minimum Gasteiger partial charge on any atom is -0.265 e. The first-order valence-corrected chi connectivity index (χ1v) is 8.34. The summed E-state index contributed by atoms with van der Waals surface area (Å²) in [6.45, 7) is 0. The van der Waals surface area contributed by atoms with Gasteiger partial charge in [0.15, 0.2) is 0 Å². The maximum atomic E-state index is 4.49. The molecule has 7 heteroatoms. The molecule has 120 valence electrons. The molecule has 0 fully saturated rings. The second-order valence-corrected chi connectivity index (χ2v) is 5.97. The van der Waals surface area contributed by atoms with Crippen LogP contribution in [0, 0.1) is 0 Å². The van der Waals surface area contributed by atoms with Crippen molar-refractivity contribution in [3.05, 3.63) is 73.8 Å². The van der Waals surface area contributed by atoms with Gasteiger partial charge in [-0.2, -0.15) is 0 Å². The number of pyridine rings is 2. The van der Waals surface area contributed by atoms with E-state index in [2.05, 4.69) is 29.9 Å². The van der Waals surface area contributed by atoms with Gasteiger partial charge in [-0.3, -0.25) is 19.9 Å². The summed E-state index contributed by atoms with van der Waals surface area (Å²) in [6, 6.07) is 7.64. The molecule has 0 N–H and O–H groups in total. The predicted molar refractivity (Wildman–Crippen MR) is 94.6 cm³/mol. The monoisotopic (exact) mass is 344 g/mol. The molecule has 0 spiro atoms. The van der Waals surface area contributed by atoms with Gasteiger partial charge >= 0.3 is 0 Å². The molecule has 0 amide bonds. The molecule has 0 aliphatic rings. The van der Waals surface area contributed by atoms with E-state index in [4.69, 9.17) is 0 Å². The molecule has 25 heavy (non-hydrogen) atoms. The van der Waals surface area contributed by atoms with Crippen molar-refractivity contribution in [2.24, 2.45) is 0 Å². The van der Waals surface area contributed by atoms with Crippen LogP contribution in [0.1, 0.15) is 0 Å². The van der Waals surface area contributed by atoms with E-state index in [0.717, 1.165) is 32.6 Å². The molecule has 0 aromatic carbocycles. The lowest BCUT2D eigenvalue weighted by molar-refractivity contribution is 1.03. The molecular weight excluding hydrogens is 332 g/mol. The number of hydrogen-bond acceptors (Lipinski definition) is 7. The lowest BCUT2D eigenvalue weighted by Gasteiger charge is -2.09. The summed E-state index contributed by atoms with van der Waals surface area (Å²) in [7, 11) is 0. The van der Waals surface area contributed by atoms with Gasteiger partial charge in [0, 0.05) is 60.7 Å². The SMILES string of the molecule is c1cc(-c2nccnc2Sc2nccnc2-c2ccncc2)ccn1. The fourth-order valence-corrected chi connectivity index (χ4v) is 3.25. The maximum absolute atomic E-state index is 4.49. The Balaban J connectivity index is 1.76. The number of hydrogen-bond donors (Lipinski definition) is 0. The predicted octanol–water partition coefficient (Wildman–Crippen LogP) is 3.54. The molecule has 4 aromatic rings. The van der Waals surface area contributed by atoms with Gasteiger partial charge in [-0.25, -0.2) is 9.97 Å². The Labute approximate surface area is 148 Å². The maximum Gasteiger partial charge on any atom is 0.129 e. The second-order valence-electron chi connectivity index (χ2n) is 4.99. The molecule has 4 aromatic heterocycles. The molecule has 0 atom stereocenters.